The van der Waals surface area contributed by atoms with Gasteiger partial charge in [-0.3, -0.25) is 0 Å². The van der Waals surface area contributed by atoms with Crippen LogP contribution in [0.25, 0.3) is 22.6 Å². The molecule has 4 aromatic rings. The number of anilines is 1. The maximum atomic E-state index is 13.5. The van der Waals surface area contributed by atoms with Gasteiger partial charge >= 0.3 is 0 Å². The van der Waals surface area contributed by atoms with Crippen molar-refractivity contribution in [1.29, 1.82) is 0 Å². The van der Waals surface area contributed by atoms with Crippen LogP contribution >= 0.6 is 0 Å². The number of halogens is 1. The highest BCUT2D eigenvalue weighted by molar-refractivity contribution is 5.77. The van der Waals surface area contributed by atoms with Gasteiger partial charge in [0.2, 0.25) is 5.95 Å². The fourth-order valence-electron chi connectivity index (χ4n) is 4.20. The van der Waals surface area contributed by atoms with Crippen LogP contribution in [0.1, 0.15) is 43.8 Å². The van der Waals surface area contributed by atoms with Crippen molar-refractivity contribution in [2.45, 2.75) is 44.7 Å². The first-order chi connectivity index (χ1) is 15.3. The number of H-pyrrole nitrogens is 1. The van der Waals surface area contributed by atoms with Gasteiger partial charge in [-0.05, 0) is 43.2 Å². The molecule has 1 aliphatic carbocycles. The highest BCUT2D eigenvalue weighted by atomic mass is 19.1. The van der Waals surface area contributed by atoms with Gasteiger partial charge in [0.15, 0.2) is 0 Å². The lowest BCUT2D eigenvalue weighted by Gasteiger charge is -2.25. The molecule has 31 heavy (non-hydrogen) atoms. The second-order valence-electron chi connectivity index (χ2n) is 7.84. The van der Waals surface area contributed by atoms with E-state index >= 15 is 0 Å². The summed E-state index contributed by atoms with van der Waals surface area (Å²) in [6.07, 6.45) is 13.0. The Morgan fingerprint density at radius 2 is 1.90 bits per heavy atom. The lowest BCUT2D eigenvalue weighted by atomic mass is 9.95. The molecule has 0 spiro atoms. The van der Waals surface area contributed by atoms with Crippen LogP contribution in [0.15, 0.2) is 55.4 Å². The van der Waals surface area contributed by atoms with Crippen LogP contribution in [-0.2, 0) is 6.54 Å². The molecule has 1 fully saturated rings. The molecule has 0 unspecified atom stereocenters. The summed E-state index contributed by atoms with van der Waals surface area (Å²) in [4.78, 5) is 21.0. The van der Waals surface area contributed by atoms with Crippen molar-refractivity contribution in [3.63, 3.8) is 0 Å². The Balaban J connectivity index is 1.53. The van der Waals surface area contributed by atoms with Crippen LogP contribution in [-0.4, -0.2) is 29.5 Å². The molecule has 8 heteroatoms. The minimum Gasteiger partial charge on any atom is -0.349 e. The molecule has 0 atom stereocenters. The van der Waals surface area contributed by atoms with Gasteiger partial charge in [0.25, 0.3) is 0 Å². The zero-order valence-corrected chi connectivity index (χ0v) is 17.1. The van der Waals surface area contributed by atoms with Gasteiger partial charge in [-0.2, -0.15) is 0 Å². The third kappa shape index (κ3) is 4.19. The van der Waals surface area contributed by atoms with Crippen LogP contribution in [0.5, 0.6) is 0 Å². The van der Waals surface area contributed by atoms with Crippen molar-refractivity contribution in [1.82, 2.24) is 29.5 Å². The van der Waals surface area contributed by atoms with Crippen molar-refractivity contribution in [3.8, 4) is 22.6 Å². The first-order valence-electron chi connectivity index (χ1n) is 10.7. The number of imidazole rings is 2. The molecule has 3 aromatic heterocycles. The Hall–Kier alpha value is -3.55. The van der Waals surface area contributed by atoms with E-state index in [1.54, 1.807) is 30.9 Å². The van der Waals surface area contributed by atoms with Gasteiger partial charge < -0.3 is 14.9 Å². The number of nitrogens with zero attached hydrogens (tertiary/aromatic N) is 5. The van der Waals surface area contributed by atoms with Crippen molar-refractivity contribution in [2.24, 2.45) is 0 Å². The molecule has 0 bridgehead atoms. The Kier molecular flexibility index (Phi) is 5.43. The normalized spacial score (nSPS) is 14.6. The summed E-state index contributed by atoms with van der Waals surface area (Å²) in [6.45, 7) is 0.552. The molecular formula is C23H24FN7. The zero-order valence-electron chi connectivity index (χ0n) is 17.1. The van der Waals surface area contributed by atoms with E-state index in [4.69, 9.17) is 9.97 Å². The van der Waals surface area contributed by atoms with Crippen LogP contribution in [0.4, 0.5) is 10.3 Å². The molecular weight excluding hydrogens is 393 g/mol. The molecule has 2 N–H and O–H groups in total. The van der Waals surface area contributed by atoms with Crippen molar-refractivity contribution >= 4 is 5.95 Å². The quantitative estimate of drug-likeness (QED) is 0.462. The number of rotatable bonds is 6. The number of aromatic nitrogens is 6. The predicted molar refractivity (Wildman–Crippen MR) is 117 cm³/mol. The molecule has 1 aliphatic rings. The molecule has 0 amide bonds. The topological polar surface area (TPSA) is 84.3 Å². The first kappa shape index (κ1) is 19.4. The maximum Gasteiger partial charge on any atom is 0.223 e. The predicted octanol–water partition coefficient (Wildman–Crippen LogP) is 4.99. The van der Waals surface area contributed by atoms with Gasteiger partial charge in [-0.25, -0.2) is 24.3 Å². The van der Waals surface area contributed by atoms with E-state index in [1.807, 2.05) is 12.4 Å². The van der Waals surface area contributed by atoms with Crippen LogP contribution < -0.4 is 5.32 Å². The summed E-state index contributed by atoms with van der Waals surface area (Å²) < 4.78 is 15.8. The van der Waals surface area contributed by atoms with E-state index in [0.717, 1.165) is 41.2 Å². The molecule has 5 rings (SSSR count). The second-order valence-corrected chi connectivity index (χ2v) is 7.84. The lowest BCUT2D eigenvalue weighted by molar-refractivity contribution is 0.355. The third-order valence-corrected chi connectivity index (χ3v) is 5.77. The average Bonchev–Trinajstić information content (AvgIpc) is 3.49. The number of aromatic amines is 1. The highest BCUT2D eigenvalue weighted by Gasteiger charge is 2.23. The Bertz CT molecular complexity index is 1130. The summed E-state index contributed by atoms with van der Waals surface area (Å²) in [5.41, 5.74) is 4.38. The van der Waals surface area contributed by atoms with E-state index in [1.165, 1.54) is 31.4 Å². The number of hydrogen-bond acceptors (Lipinski definition) is 5. The number of hydrogen-bond donors (Lipinski definition) is 2. The third-order valence-electron chi connectivity index (χ3n) is 5.77. The maximum absolute atomic E-state index is 13.5. The molecule has 1 saturated carbocycles. The number of benzene rings is 1. The molecule has 7 nitrogen and oxygen atoms in total. The summed E-state index contributed by atoms with van der Waals surface area (Å²) in [7, 11) is 0. The lowest BCUT2D eigenvalue weighted by Crippen LogP contribution is -2.14. The van der Waals surface area contributed by atoms with Crippen molar-refractivity contribution in [2.75, 3.05) is 5.32 Å². The Labute approximate surface area is 179 Å². The standard InChI is InChI=1S/C23H24FN7/c24-17-8-6-16(7-9-17)21-22(31(15-29-21)19-4-2-1-3-5-19)20-10-11-26-23(30-20)27-13-18-12-25-14-28-18/h6-12,14-15,19H,1-5,13H2,(H,25,28)(H,26,27,30). The summed E-state index contributed by atoms with van der Waals surface area (Å²) >= 11 is 0. The van der Waals surface area contributed by atoms with Gasteiger partial charge in [-0.15, -0.1) is 0 Å². The Morgan fingerprint density at radius 1 is 1.06 bits per heavy atom. The number of nitrogens with one attached hydrogen (secondary N) is 2. The van der Waals surface area contributed by atoms with Crippen molar-refractivity contribution < 1.29 is 4.39 Å². The van der Waals surface area contributed by atoms with Gasteiger partial charge in [0.05, 0.1) is 42.0 Å². The summed E-state index contributed by atoms with van der Waals surface area (Å²) in [5, 5.41) is 3.24. The monoisotopic (exact) mass is 417 g/mol. The molecule has 1 aromatic carbocycles. The SMILES string of the molecule is Fc1ccc(-c2ncn(C3CCCCC3)c2-c2ccnc(NCc3cnc[nH]3)n2)cc1. The fourth-order valence-corrected chi connectivity index (χ4v) is 4.20. The van der Waals surface area contributed by atoms with E-state index in [9.17, 15) is 4.39 Å². The average molecular weight is 417 g/mol. The largest absolute Gasteiger partial charge is 0.349 e. The molecule has 3 heterocycles. The smallest absolute Gasteiger partial charge is 0.223 e. The van der Waals surface area contributed by atoms with Gasteiger partial charge in [-0.1, -0.05) is 19.3 Å². The molecule has 0 saturated heterocycles. The van der Waals surface area contributed by atoms with Crippen LogP contribution in [0, 0.1) is 5.82 Å². The van der Waals surface area contributed by atoms with Crippen LogP contribution in [0.3, 0.4) is 0 Å². The Morgan fingerprint density at radius 3 is 2.68 bits per heavy atom. The van der Waals surface area contributed by atoms with Crippen molar-refractivity contribution in [3.05, 3.63) is 66.9 Å². The van der Waals surface area contributed by atoms with E-state index in [0.29, 0.717) is 18.5 Å². The minimum absolute atomic E-state index is 0.260. The summed E-state index contributed by atoms with van der Waals surface area (Å²) in [6, 6.07) is 8.77. The molecule has 158 valence electrons. The van der Waals surface area contributed by atoms with E-state index in [-0.39, 0.29) is 5.82 Å². The fraction of sp³-hybridized carbons (Fsp3) is 0.304. The minimum atomic E-state index is -0.260. The van der Waals surface area contributed by atoms with Crippen LogP contribution in [0.2, 0.25) is 0 Å². The van der Waals surface area contributed by atoms with E-state index in [2.05, 4.69) is 24.8 Å². The second kappa shape index (κ2) is 8.67. The molecule has 0 radical (unpaired) electrons. The van der Waals surface area contributed by atoms with Gasteiger partial charge in [0, 0.05) is 24.0 Å². The highest BCUT2D eigenvalue weighted by Crippen LogP contribution is 2.37. The molecule has 0 aliphatic heterocycles. The summed E-state index contributed by atoms with van der Waals surface area (Å²) in [5.74, 6) is 0.276. The van der Waals surface area contributed by atoms with E-state index < -0.39 is 0 Å². The zero-order chi connectivity index (χ0) is 21.0. The van der Waals surface area contributed by atoms with Gasteiger partial charge in [0.1, 0.15) is 5.82 Å². The first-order valence-corrected chi connectivity index (χ1v) is 10.7.